The predicted octanol–water partition coefficient (Wildman–Crippen LogP) is 3.99. The summed E-state index contributed by atoms with van der Waals surface area (Å²) in [5.74, 6) is 0.281. The Hall–Kier alpha value is -1.15. The standard InChI is InChI=1S/C17H24O2/c1-13(18)17(4)11-15(10-16(17,2)3)19-12-14-8-6-5-7-9-14/h5-9,15H,10-12H2,1-4H3/t15-,17-/m0/s1. The molecule has 2 rings (SSSR count). The van der Waals surface area contributed by atoms with Gasteiger partial charge in [-0.2, -0.15) is 0 Å². The van der Waals surface area contributed by atoms with Gasteiger partial charge in [0.1, 0.15) is 5.78 Å². The van der Waals surface area contributed by atoms with Crippen molar-refractivity contribution in [3.63, 3.8) is 0 Å². The van der Waals surface area contributed by atoms with Gasteiger partial charge in [0.25, 0.3) is 0 Å². The van der Waals surface area contributed by atoms with Crippen LogP contribution in [0.25, 0.3) is 0 Å². The molecular weight excluding hydrogens is 236 g/mol. The Labute approximate surface area is 116 Å². The molecule has 0 spiro atoms. The average molecular weight is 260 g/mol. The van der Waals surface area contributed by atoms with Gasteiger partial charge in [0.15, 0.2) is 0 Å². The third-order valence-electron chi connectivity index (χ3n) is 4.97. The molecule has 0 unspecified atom stereocenters. The molecular formula is C17H24O2. The number of ketones is 1. The first-order chi connectivity index (χ1) is 8.85. The van der Waals surface area contributed by atoms with Crippen molar-refractivity contribution in [2.24, 2.45) is 10.8 Å². The summed E-state index contributed by atoms with van der Waals surface area (Å²) in [5.41, 5.74) is 0.950. The molecule has 1 aromatic carbocycles. The highest BCUT2D eigenvalue weighted by Crippen LogP contribution is 2.53. The minimum Gasteiger partial charge on any atom is -0.373 e. The first-order valence-corrected chi connectivity index (χ1v) is 7.02. The zero-order valence-corrected chi connectivity index (χ0v) is 12.4. The third kappa shape index (κ3) is 2.74. The van der Waals surface area contributed by atoms with Gasteiger partial charge in [0, 0.05) is 5.41 Å². The van der Waals surface area contributed by atoms with Crippen LogP contribution in [0.2, 0.25) is 0 Å². The van der Waals surface area contributed by atoms with Crippen molar-refractivity contribution in [1.82, 2.24) is 0 Å². The molecule has 1 aromatic rings. The summed E-state index contributed by atoms with van der Waals surface area (Å²) >= 11 is 0. The summed E-state index contributed by atoms with van der Waals surface area (Å²) in [5, 5.41) is 0. The molecule has 0 aromatic heterocycles. The summed E-state index contributed by atoms with van der Waals surface area (Å²) in [6.07, 6.45) is 1.97. The number of hydrogen-bond donors (Lipinski definition) is 0. The van der Waals surface area contributed by atoms with Gasteiger partial charge in [-0.25, -0.2) is 0 Å². The molecule has 0 N–H and O–H groups in total. The summed E-state index contributed by atoms with van der Waals surface area (Å²) in [6, 6.07) is 10.2. The Morgan fingerprint density at radius 3 is 2.37 bits per heavy atom. The Bertz CT molecular complexity index is 450. The fraction of sp³-hybridized carbons (Fsp3) is 0.588. The number of hydrogen-bond acceptors (Lipinski definition) is 2. The number of rotatable bonds is 4. The molecule has 0 heterocycles. The van der Waals surface area contributed by atoms with Crippen molar-refractivity contribution in [2.45, 2.75) is 53.2 Å². The van der Waals surface area contributed by atoms with Crippen LogP contribution in [-0.2, 0) is 16.1 Å². The number of carbonyl (C=O) groups is 1. The minimum absolute atomic E-state index is 0.0141. The molecule has 0 amide bonds. The Morgan fingerprint density at radius 2 is 1.84 bits per heavy atom. The van der Waals surface area contributed by atoms with Crippen LogP contribution < -0.4 is 0 Å². The summed E-state index contributed by atoms with van der Waals surface area (Å²) in [4.78, 5) is 11.9. The normalized spacial score (nSPS) is 29.4. The second-order valence-corrected chi connectivity index (χ2v) is 6.60. The van der Waals surface area contributed by atoms with Crippen LogP contribution in [0.3, 0.4) is 0 Å². The van der Waals surface area contributed by atoms with Crippen molar-refractivity contribution in [1.29, 1.82) is 0 Å². The Kier molecular flexibility index (Phi) is 3.82. The SMILES string of the molecule is CC(=O)[C@]1(C)C[C@@H](OCc2ccccc2)CC1(C)C. The minimum atomic E-state index is -0.256. The van der Waals surface area contributed by atoms with Gasteiger partial charge in [-0.1, -0.05) is 51.1 Å². The second kappa shape index (κ2) is 5.09. The van der Waals surface area contributed by atoms with Crippen LogP contribution >= 0.6 is 0 Å². The van der Waals surface area contributed by atoms with Gasteiger partial charge in [0.05, 0.1) is 12.7 Å². The highest BCUT2D eigenvalue weighted by Gasteiger charge is 2.52. The van der Waals surface area contributed by atoms with Crippen molar-refractivity contribution < 1.29 is 9.53 Å². The lowest BCUT2D eigenvalue weighted by Crippen LogP contribution is -2.36. The molecule has 2 atom stereocenters. The summed E-state index contributed by atoms with van der Waals surface area (Å²) in [6.45, 7) is 8.79. The van der Waals surface area contributed by atoms with Crippen LogP contribution in [0.4, 0.5) is 0 Å². The molecule has 0 radical (unpaired) electrons. The Morgan fingerprint density at radius 1 is 1.21 bits per heavy atom. The van der Waals surface area contributed by atoms with Gasteiger partial charge < -0.3 is 4.74 Å². The van der Waals surface area contributed by atoms with E-state index in [-0.39, 0.29) is 22.7 Å². The number of ether oxygens (including phenoxy) is 1. The number of carbonyl (C=O) groups excluding carboxylic acids is 1. The van der Waals surface area contributed by atoms with E-state index in [4.69, 9.17) is 4.74 Å². The number of Topliss-reactive ketones (excluding diaryl/α,β-unsaturated/α-hetero) is 1. The smallest absolute Gasteiger partial charge is 0.136 e. The lowest BCUT2D eigenvalue weighted by atomic mass is 9.67. The monoisotopic (exact) mass is 260 g/mol. The predicted molar refractivity (Wildman–Crippen MR) is 76.8 cm³/mol. The van der Waals surface area contributed by atoms with E-state index < -0.39 is 0 Å². The zero-order chi connectivity index (χ0) is 14.1. The molecule has 0 saturated heterocycles. The van der Waals surface area contributed by atoms with E-state index in [1.807, 2.05) is 18.2 Å². The van der Waals surface area contributed by atoms with Gasteiger partial charge in [0.2, 0.25) is 0 Å². The topological polar surface area (TPSA) is 26.3 Å². The highest BCUT2D eigenvalue weighted by atomic mass is 16.5. The highest BCUT2D eigenvalue weighted by molar-refractivity contribution is 5.83. The molecule has 104 valence electrons. The lowest BCUT2D eigenvalue weighted by molar-refractivity contribution is -0.130. The van der Waals surface area contributed by atoms with E-state index in [0.717, 1.165) is 12.8 Å². The molecule has 1 aliphatic carbocycles. The van der Waals surface area contributed by atoms with E-state index >= 15 is 0 Å². The molecule has 1 saturated carbocycles. The van der Waals surface area contributed by atoms with Crippen molar-refractivity contribution in [2.75, 3.05) is 0 Å². The molecule has 2 nitrogen and oxygen atoms in total. The van der Waals surface area contributed by atoms with Crippen molar-refractivity contribution in [3.05, 3.63) is 35.9 Å². The van der Waals surface area contributed by atoms with Crippen LogP contribution in [0.1, 0.15) is 46.1 Å². The molecule has 19 heavy (non-hydrogen) atoms. The Balaban J connectivity index is 2.00. The van der Waals surface area contributed by atoms with Gasteiger partial charge >= 0.3 is 0 Å². The van der Waals surface area contributed by atoms with Gasteiger partial charge in [-0.3, -0.25) is 4.79 Å². The molecule has 2 heteroatoms. The summed E-state index contributed by atoms with van der Waals surface area (Å²) in [7, 11) is 0. The van der Waals surface area contributed by atoms with E-state index in [1.165, 1.54) is 5.56 Å². The largest absolute Gasteiger partial charge is 0.373 e. The molecule has 1 aliphatic rings. The second-order valence-electron chi connectivity index (χ2n) is 6.60. The van der Waals surface area contributed by atoms with Gasteiger partial charge in [-0.05, 0) is 30.7 Å². The first-order valence-electron chi connectivity index (χ1n) is 7.02. The number of benzene rings is 1. The maximum absolute atomic E-state index is 11.9. The molecule has 0 aliphatic heterocycles. The van der Waals surface area contributed by atoms with E-state index in [9.17, 15) is 4.79 Å². The quantitative estimate of drug-likeness (QED) is 0.818. The zero-order valence-electron chi connectivity index (χ0n) is 12.4. The fourth-order valence-electron chi connectivity index (χ4n) is 3.12. The van der Waals surface area contributed by atoms with Crippen molar-refractivity contribution >= 4 is 5.78 Å². The van der Waals surface area contributed by atoms with E-state index in [0.29, 0.717) is 6.61 Å². The molecule has 1 fully saturated rings. The molecule has 0 bridgehead atoms. The summed E-state index contributed by atoms with van der Waals surface area (Å²) < 4.78 is 6.02. The lowest BCUT2D eigenvalue weighted by Gasteiger charge is -2.35. The third-order valence-corrected chi connectivity index (χ3v) is 4.97. The van der Waals surface area contributed by atoms with Crippen LogP contribution in [-0.4, -0.2) is 11.9 Å². The maximum Gasteiger partial charge on any atom is 0.136 e. The average Bonchev–Trinajstić information content (AvgIpc) is 2.60. The fourth-order valence-corrected chi connectivity index (χ4v) is 3.12. The van der Waals surface area contributed by atoms with Gasteiger partial charge in [-0.15, -0.1) is 0 Å². The maximum atomic E-state index is 11.9. The van der Waals surface area contributed by atoms with Crippen molar-refractivity contribution in [3.8, 4) is 0 Å². The first kappa shape index (κ1) is 14.3. The van der Waals surface area contributed by atoms with E-state index in [2.05, 4.69) is 32.9 Å². The van der Waals surface area contributed by atoms with Crippen LogP contribution in [0, 0.1) is 10.8 Å². The van der Waals surface area contributed by atoms with E-state index in [1.54, 1.807) is 6.92 Å². The van der Waals surface area contributed by atoms with Crippen LogP contribution in [0.5, 0.6) is 0 Å². The van der Waals surface area contributed by atoms with Crippen LogP contribution in [0.15, 0.2) is 30.3 Å².